The minimum Gasteiger partial charge on any atom is -0.476 e. The summed E-state index contributed by atoms with van der Waals surface area (Å²) in [7, 11) is 1.17. The minimum absolute atomic E-state index is 0.0601. The second-order valence-electron chi connectivity index (χ2n) is 2.38. The van der Waals surface area contributed by atoms with E-state index in [1.807, 2.05) is 0 Å². The van der Waals surface area contributed by atoms with E-state index in [9.17, 15) is 14.8 Å². The molecule has 8 nitrogen and oxygen atoms in total. The van der Waals surface area contributed by atoms with Crippen LogP contribution in [-0.2, 0) is 14.4 Å². The molecule has 1 aromatic rings. The lowest BCUT2D eigenvalue weighted by atomic mass is 10.3. The molecule has 1 heterocycles. The molecule has 0 bridgehead atoms. The number of hydrogen-bond acceptors (Lipinski definition) is 6. The first kappa shape index (κ1) is 11.9. The van der Waals surface area contributed by atoms with Crippen molar-refractivity contribution in [3.63, 3.8) is 0 Å². The van der Waals surface area contributed by atoms with Crippen molar-refractivity contribution in [3.05, 3.63) is 15.9 Å². The molecule has 0 aliphatic heterocycles. The Morgan fingerprint density at radius 3 is 2.88 bits per heavy atom. The average Bonchev–Trinajstić information content (AvgIpc) is 2.58. The van der Waals surface area contributed by atoms with Crippen molar-refractivity contribution in [2.75, 3.05) is 7.11 Å². The second kappa shape index (κ2) is 5.07. The van der Waals surface area contributed by atoms with Gasteiger partial charge in [-0.1, -0.05) is 5.16 Å². The molecule has 0 aliphatic rings. The Morgan fingerprint density at radius 2 is 2.38 bits per heavy atom. The van der Waals surface area contributed by atoms with Gasteiger partial charge < -0.3 is 15.2 Å². The standard InChI is InChI=1S/C7H7N3O5S/c1-15-9-5(6(12)13)4-2-16-7(8-3-11)10(4)14/h2-3,14H,1H3,(H,12,13)/b8-7?,9-5-. The summed E-state index contributed by atoms with van der Waals surface area (Å²) in [6.45, 7) is 0. The van der Waals surface area contributed by atoms with E-state index in [1.165, 1.54) is 12.5 Å². The average molecular weight is 245 g/mol. The van der Waals surface area contributed by atoms with Gasteiger partial charge in [0.05, 0.1) is 0 Å². The quantitative estimate of drug-likeness (QED) is 0.314. The van der Waals surface area contributed by atoms with Crippen molar-refractivity contribution >= 4 is 29.4 Å². The van der Waals surface area contributed by atoms with Gasteiger partial charge in [-0.25, -0.2) is 4.79 Å². The summed E-state index contributed by atoms with van der Waals surface area (Å²) in [5, 5.41) is 22.8. The molecule has 1 rings (SSSR count). The topological polar surface area (TPSA) is 113 Å². The van der Waals surface area contributed by atoms with Crippen LogP contribution >= 0.6 is 11.3 Å². The van der Waals surface area contributed by atoms with Gasteiger partial charge in [-0.2, -0.15) is 9.72 Å². The number of carbonyl (C=O) groups is 2. The normalized spacial score (nSPS) is 12.6. The summed E-state index contributed by atoms with van der Waals surface area (Å²) >= 11 is 0.888. The number of nitrogens with zero attached hydrogens (tertiary/aromatic N) is 3. The summed E-state index contributed by atoms with van der Waals surface area (Å²) < 4.78 is 0.449. The Bertz CT molecular complexity index is 500. The van der Waals surface area contributed by atoms with Gasteiger partial charge in [0.2, 0.25) is 16.9 Å². The van der Waals surface area contributed by atoms with Crippen LogP contribution < -0.4 is 4.80 Å². The predicted molar refractivity (Wildman–Crippen MR) is 52.3 cm³/mol. The van der Waals surface area contributed by atoms with Gasteiger partial charge in [-0.3, -0.25) is 4.79 Å². The van der Waals surface area contributed by atoms with Gasteiger partial charge in [0.25, 0.3) is 0 Å². The number of carboxylic acid groups (broad SMARTS) is 1. The van der Waals surface area contributed by atoms with Crippen LogP contribution in [0.5, 0.6) is 0 Å². The molecular weight excluding hydrogens is 238 g/mol. The van der Waals surface area contributed by atoms with Crippen LogP contribution in [0.4, 0.5) is 0 Å². The van der Waals surface area contributed by atoms with Gasteiger partial charge in [-0.05, 0) is 0 Å². The number of hydrogen-bond donors (Lipinski definition) is 2. The molecule has 0 aliphatic carbocycles. The van der Waals surface area contributed by atoms with Crippen LogP contribution in [0, 0.1) is 0 Å². The second-order valence-corrected chi connectivity index (χ2v) is 3.21. The van der Waals surface area contributed by atoms with E-state index >= 15 is 0 Å². The third-order valence-corrected chi connectivity index (χ3v) is 2.31. The van der Waals surface area contributed by atoms with Crippen LogP contribution in [0.3, 0.4) is 0 Å². The van der Waals surface area contributed by atoms with Crippen LogP contribution in [0.15, 0.2) is 15.5 Å². The molecule has 0 aromatic carbocycles. The van der Waals surface area contributed by atoms with Crippen molar-refractivity contribution in [3.8, 4) is 0 Å². The molecule has 86 valence electrons. The number of amides is 1. The number of aromatic nitrogens is 1. The largest absolute Gasteiger partial charge is 0.476 e. The van der Waals surface area contributed by atoms with E-state index < -0.39 is 11.7 Å². The third kappa shape index (κ3) is 2.25. The van der Waals surface area contributed by atoms with Gasteiger partial charge in [-0.15, -0.1) is 11.3 Å². The monoisotopic (exact) mass is 245 g/mol. The van der Waals surface area contributed by atoms with E-state index in [4.69, 9.17) is 5.11 Å². The van der Waals surface area contributed by atoms with Gasteiger partial charge in [0.1, 0.15) is 12.8 Å². The first-order valence-electron chi connectivity index (χ1n) is 3.84. The zero-order valence-corrected chi connectivity index (χ0v) is 8.84. The lowest BCUT2D eigenvalue weighted by molar-refractivity contribution is -0.129. The Hall–Kier alpha value is -2.16. The molecule has 0 atom stereocenters. The Balaban J connectivity index is 3.33. The maximum atomic E-state index is 10.8. The van der Waals surface area contributed by atoms with Crippen LogP contribution in [0.1, 0.15) is 5.69 Å². The fourth-order valence-electron chi connectivity index (χ4n) is 0.884. The van der Waals surface area contributed by atoms with E-state index in [1.54, 1.807) is 0 Å². The molecule has 0 radical (unpaired) electrons. The van der Waals surface area contributed by atoms with Gasteiger partial charge in [0, 0.05) is 5.38 Å². The van der Waals surface area contributed by atoms with Crippen molar-refractivity contribution in [1.82, 2.24) is 4.73 Å². The molecule has 16 heavy (non-hydrogen) atoms. The lowest BCUT2D eigenvalue weighted by Gasteiger charge is -1.99. The molecular formula is C7H7N3O5S. The Labute approximate surface area is 92.7 Å². The van der Waals surface area contributed by atoms with Crippen LogP contribution in [0.2, 0.25) is 0 Å². The highest BCUT2D eigenvalue weighted by molar-refractivity contribution is 7.07. The zero-order chi connectivity index (χ0) is 12.1. The lowest BCUT2D eigenvalue weighted by Crippen LogP contribution is -2.23. The summed E-state index contributed by atoms with van der Waals surface area (Å²) in [5.74, 6) is -1.37. The molecule has 2 N–H and O–H groups in total. The molecule has 9 heteroatoms. The number of carbonyl (C=O) groups excluding carboxylic acids is 1. The summed E-state index contributed by atoms with van der Waals surface area (Å²) in [5.41, 5.74) is -0.617. The molecule has 1 aromatic heterocycles. The van der Waals surface area contributed by atoms with E-state index in [-0.39, 0.29) is 16.9 Å². The van der Waals surface area contributed by atoms with Gasteiger partial charge in [0.15, 0.2) is 0 Å². The number of oxime groups is 1. The number of rotatable bonds is 4. The number of carboxylic acids is 1. The number of aliphatic carboxylic acids is 1. The van der Waals surface area contributed by atoms with E-state index in [2.05, 4.69) is 15.0 Å². The van der Waals surface area contributed by atoms with Crippen LogP contribution in [0.25, 0.3) is 0 Å². The fraction of sp³-hybridized carbons (Fsp3) is 0.143. The van der Waals surface area contributed by atoms with E-state index in [0.29, 0.717) is 4.73 Å². The first-order chi connectivity index (χ1) is 7.61. The Kier molecular flexibility index (Phi) is 3.78. The molecule has 0 unspecified atom stereocenters. The maximum Gasteiger partial charge on any atom is 0.360 e. The highest BCUT2D eigenvalue weighted by atomic mass is 32.1. The van der Waals surface area contributed by atoms with Crippen molar-refractivity contribution < 1.29 is 24.7 Å². The zero-order valence-electron chi connectivity index (χ0n) is 8.02. The van der Waals surface area contributed by atoms with Gasteiger partial charge >= 0.3 is 5.97 Å². The third-order valence-electron chi connectivity index (χ3n) is 1.48. The molecule has 0 saturated heterocycles. The van der Waals surface area contributed by atoms with Crippen molar-refractivity contribution in [2.24, 2.45) is 10.1 Å². The predicted octanol–water partition coefficient (Wildman–Crippen LogP) is -0.721. The van der Waals surface area contributed by atoms with Crippen LogP contribution in [-0.4, -0.2) is 40.2 Å². The first-order valence-corrected chi connectivity index (χ1v) is 4.72. The number of thiazole rings is 1. The summed E-state index contributed by atoms with van der Waals surface area (Å²) in [4.78, 5) is 28.4. The van der Waals surface area contributed by atoms with E-state index in [0.717, 1.165) is 11.3 Å². The highest BCUT2D eigenvalue weighted by Gasteiger charge is 2.19. The van der Waals surface area contributed by atoms with Crippen molar-refractivity contribution in [1.29, 1.82) is 0 Å². The van der Waals surface area contributed by atoms with Crippen molar-refractivity contribution in [2.45, 2.75) is 0 Å². The SMILES string of the molecule is CO/N=C(\C(=O)O)c1csc(=NC=O)n1O. The summed E-state index contributed by atoms with van der Waals surface area (Å²) in [6.07, 6.45) is 0.232. The molecule has 0 saturated carbocycles. The maximum absolute atomic E-state index is 10.8. The smallest absolute Gasteiger partial charge is 0.360 e. The fourth-order valence-corrected chi connectivity index (χ4v) is 1.61. The Morgan fingerprint density at radius 1 is 1.69 bits per heavy atom. The molecule has 0 fully saturated rings. The minimum atomic E-state index is -1.37. The molecule has 1 amide bonds. The summed E-state index contributed by atoms with van der Waals surface area (Å²) in [6, 6.07) is 0. The highest BCUT2D eigenvalue weighted by Crippen LogP contribution is 2.03. The molecule has 0 spiro atoms.